The molecule has 2 aromatic rings. The van der Waals surface area contributed by atoms with Gasteiger partial charge in [0.05, 0.1) is 18.2 Å². The number of halogens is 5. The van der Waals surface area contributed by atoms with Gasteiger partial charge in [0.1, 0.15) is 11.6 Å². The quantitative estimate of drug-likeness (QED) is 0.410. The molecule has 2 heterocycles. The summed E-state index contributed by atoms with van der Waals surface area (Å²) in [4.78, 5) is 14.7. The number of rotatable bonds is 7. The van der Waals surface area contributed by atoms with Crippen LogP contribution in [0, 0.1) is 17.7 Å². The number of carbonyl (C=O) groups excluding carboxylic acids is 1. The second-order valence-electron chi connectivity index (χ2n) is 8.88. The fourth-order valence-corrected chi connectivity index (χ4v) is 4.92. The number of amides is 1. The lowest BCUT2D eigenvalue weighted by atomic mass is 9.82. The van der Waals surface area contributed by atoms with E-state index in [1.54, 1.807) is 17.0 Å². The van der Waals surface area contributed by atoms with Crippen molar-refractivity contribution in [3.05, 3.63) is 64.4 Å². The maximum Gasteiger partial charge on any atom is 0.573 e. The molecule has 2 aliphatic rings. The van der Waals surface area contributed by atoms with Crippen molar-refractivity contribution in [1.82, 2.24) is 4.90 Å². The topological polar surface area (TPSA) is 76.8 Å². The average Bonchev–Trinajstić information content (AvgIpc) is 2.80. The van der Waals surface area contributed by atoms with Crippen LogP contribution in [0.1, 0.15) is 11.1 Å². The van der Waals surface area contributed by atoms with Crippen molar-refractivity contribution in [2.45, 2.75) is 18.8 Å². The summed E-state index contributed by atoms with van der Waals surface area (Å²) in [6.45, 7) is 2.08. The van der Waals surface area contributed by atoms with Crippen molar-refractivity contribution in [1.29, 1.82) is 0 Å². The lowest BCUT2D eigenvalue weighted by Gasteiger charge is -2.47. The molecule has 194 valence electrons. The third-order valence-corrected chi connectivity index (χ3v) is 6.61. The van der Waals surface area contributed by atoms with Crippen LogP contribution in [0.2, 0.25) is 5.02 Å². The number of nitrogens with two attached hydrogens (primary N) is 1. The first-order chi connectivity index (χ1) is 17.1. The minimum absolute atomic E-state index is 0.0232. The maximum atomic E-state index is 13.2. The molecular formula is C25H26ClF4N3O3. The normalized spacial score (nSPS) is 22.1. The molecule has 3 atom stereocenters. The molecule has 6 nitrogen and oxygen atoms in total. The van der Waals surface area contributed by atoms with E-state index < -0.39 is 12.1 Å². The molecule has 1 unspecified atom stereocenters. The van der Waals surface area contributed by atoms with Crippen LogP contribution in [0.15, 0.2) is 42.5 Å². The molecule has 2 aromatic carbocycles. The number of nitrogens with zero attached hydrogens (tertiary/aromatic N) is 1. The zero-order valence-corrected chi connectivity index (χ0v) is 20.0. The van der Waals surface area contributed by atoms with Crippen molar-refractivity contribution < 1.29 is 31.8 Å². The first-order valence-corrected chi connectivity index (χ1v) is 11.9. The maximum absolute atomic E-state index is 13.2. The van der Waals surface area contributed by atoms with Gasteiger partial charge in [-0.05, 0) is 66.6 Å². The number of hydrogen-bond acceptors (Lipinski definition) is 5. The van der Waals surface area contributed by atoms with Crippen molar-refractivity contribution in [3.63, 3.8) is 0 Å². The molecule has 2 saturated heterocycles. The van der Waals surface area contributed by atoms with E-state index in [-0.39, 0.29) is 41.2 Å². The lowest BCUT2D eigenvalue weighted by Crippen LogP contribution is -2.59. The molecule has 2 aliphatic heterocycles. The van der Waals surface area contributed by atoms with Gasteiger partial charge in [0, 0.05) is 42.7 Å². The molecule has 2 fully saturated rings. The lowest BCUT2D eigenvalue weighted by molar-refractivity contribution is -0.274. The van der Waals surface area contributed by atoms with Crippen molar-refractivity contribution in [3.8, 4) is 5.75 Å². The second kappa shape index (κ2) is 11.1. The number of nitrogens with one attached hydrogen (secondary N) is 1. The zero-order valence-electron chi connectivity index (χ0n) is 19.2. The number of ether oxygens (including phenoxy) is 2. The molecule has 2 bridgehead atoms. The Hall–Kier alpha value is -2.82. The molecule has 3 N–H and O–H groups in total. The van der Waals surface area contributed by atoms with Crippen LogP contribution in [0.25, 0.3) is 6.08 Å². The highest BCUT2D eigenvalue weighted by atomic mass is 35.5. The van der Waals surface area contributed by atoms with Crippen molar-refractivity contribution >= 4 is 29.3 Å². The SMILES string of the molecule is NCCc1cc(Cl)c(OC(F)(F)F)cc1/C=C/C(=O)N1C[C@H]2COC[C@@H](C1)C2Nc1ccc(F)cc1. The van der Waals surface area contributed by atoms with Gasteiger partial charge >= 0.3 is 6.36 Å². The van der Waals surface area contributed by atoms with Crippen LogP contribution in [0.5, 0.6) is 5.75 Å². The number of hydrogen-bond donors (Lipinski definition) is 2. The minimum atomic E-state index is -4.90. The number of fused-ring (bicyclic) bond motifs is 2. The van der Waals surface area contributed by atoms with Gasteiger partial charge in [-0.3, -0.25) is 4.79 Å². The fraction of sp³-hybridized carbons (Fsp3) is 0.400. The third-order valence-electron chi connectivity index (χ3n) is 6.32. The van der Waals surface area contributed by atoms with Gasteiger partial charge < -0.3 is 25.4 Å². The van der Waals surface area contributed by atoms with Gasteiger partial charge in [-0.1, -0.05) is 11.6 Å². The molecule has 0 radical (unpaired) electrons. The van der Waals surface area contributed by atoms with Gasteiger partial charge in [-0.15, -0.1) is 13.2 Å². The van der Waals surface area contributed by atoms with Crippen LogP contribution in [-0.2, 0) is 16.0 Å². The number of alkyl halides is 3. The zero-order chi connectivity index (χ0) is 25.9. The van der Waals surface area contributed by atoms with Gasteiger partial charge in [-0.25, -0.2) is 4.39 Å². The second-order valence-corrected chi connectivity index (χ2v) is 9.29. The van der Waals surface area contributed by atoms with E-state index in [2.05, 4.69) is 10.1 Å². The Balaban J connectivity index is 1.48. The summed E-state index contributed by atoms with van der Waals surface area (Å²) in [7, 11) is 0. The molecule has 11 heteroatoms. The summed E-state index contributed by atoms with van der Waals surface area (Å²) in [6, 6.07) is 8.71. The average molecular weight is 528 g/mol. The molecule has 0 saturated carbocycles. The molecule has 4 rings (SSSR count). The van der Waals surface area contributed by atoms with Crippen LogP contribution in [-0.4, -0.2) is 56.1 Å². The molecular weight excluding hydrogens is 502 g/mol. The van der Waals surface area contributed by atoms with E-state index in [0.717, 1.165) is 11.8 Å². The van der Waals surface area contributed by atoms with Crippen LogP contribution >= 0.6 is 11.6 Å². The number of benzene rings is 2. The molecule has 1 amide bonds. The monoisotopic (exact) mass is 527 g/mol. The van der Waals surface area contributed by atoms with Crippen molar-refractivity contribution in [2.75, 3.05) is 38.2 Å². The first kappa shape index (κ1) is 26.2. The standard InChI is InChI=1S/C25H26ClF4N3O3/c26-21-9-16(7-8-31)15(10-22(21)36-25(28,29)30)1-6-23(34)33-11-17-13-35-14-18(12-33)24(17)32-20-4-2-19(27)3-5-20/h1-6,9-10,17-18,24,32H,7-8,11-14,31H2/b6-1+/t17-,18+,24?. The predicted octanol–water partition coefficient (Wildman–Crippen LogP) is 4.48. The van der Waals surface area contributed by atoms with E-state index in [0.29, 0.717) is 43.9 Å². The highest BCUT2D eigenvalue weighted by molar-refractivity contribution is 6.32. The molecule has 0 spiro atoms. The first-order valence-electron chi connectivity index (χ1n) is 11.5. The highest BCUT2D eigenvalue weighted by Crippen LogP contribution is 2.34. The van der Waals surface area contributed by atoms with Crippen molar-refractivity contribution in [2.24, 2.45) is 17.6 Å². The number of piperidine rings is 1. The number of carbonyl (C=O) groups is 1. The Morgan fingerprint density at radius 1 is 1.19 bits per heavy atom. The van der Waals surface area contributed by atoms with Crippen LogP contribution in [0.3, 0.4) is 0 Å². The largest absolute Gasteiger partial charge is 0.573 e. The van der Waals surface area contributed by atoms with Gasteiger partial charge in [0.25, 0.3) is 0 Å². The van der Waals surface area contributed by atoms with Crippen LogP contribution < -0.4 is 15.8 Å². The van der Waals surface area contributed by atoms with E-state index in [1.165, 1.54) is 30.4 Å². The van der Waals surface area contributed by atoms with Gasteiger partial charge in [-0.2, -0.15) is 0 Å². The number of anilines is 1. The molecule has 0 aliphatic carbocycles. The van der Waals surface area contributed by atoms with Crippen LogP contribution in [0.4, 0.5) is 23.2 Å². The summed E-state index contributed by atoms with van der Waals surface area (Å²) in [5.74, 6) is -1.08. The minimum Gasteiger partial charge on any atom is -0.404 e. The van der Waals surface area contributed by atoms with E-state index >= 15 is 0 Å². The summed E-state index contributed by atoms with van der Waals surface area (Å²) < 4.78 is 61.2. The van der Waals surface area contributed by atoms with Gasteiger partial charge in [0.15, 0.2) is 0 Å². The Morgan fingerprint density at radius 2 is 1.86 bits per heavy atom. The smallest absolute Gasteiger partial charge is 0.404 e. The fourth-order valence-electron chi connectivity index (χ4n) is 4.70. The highest BCUT2D eigenvalue weighted by Gasteiger charge is 2.41. The Labute approximate surface area is 211 Å². The molecule has 0 aromatic heterocycles. The Kier molecular flexibility index (Phi) is 8.07. The van der Waals surface area contributed by atoms with E-state index in [9.17, 15) is 22.4 Å². The number of likely N-dealkylation sites (tertiary alicyclic amines) is 1. The summed E-state index contributed by atoms with van der Waals surface area (Å²) in [5, 5.41) is 3.25. The van der Waals surface area contributed by atoms with Gasteiger partial charge in [0.2, 0.25) is 5.91 Å². The van der Waals surface area contributed by atoms with E-state index in [4.69, 9.17) is 22.1 Å². The summed E-state index contributed by atoms with van der Waals surface area (Å²) >= 11 is 5.96. The Morgan fingerprint density at radius 3 is 2.47 bits per heavy atom. The third kappa shape index (κ3) is 6.48. The molecule has 36 heavy (non-hydrogen) atoms. The summed E-state index contributed by atoms with van der Waals surface area (Å²) in [6.07, 6.45) is -1.74. The summed E-state index contributed by atoms with van der Waals surface area (Å²) in [5.41, 5.74) is 7.40. The van der Waals surface area contributed by atoms with E-state index in [1.807, 2.05) is 0 Å². The predicted molar refractivity (Wildman–Crippen MR) is 128 cm³/mol. The Bertz CT molecular complexity index is 1100.